The molecule has 0 unspecified atom stereocenters. The monoisotopic (exact) mass is 257 g/mol. The summed E-state index contributed by atoms with van der Waals surface area (Å²) < 4.78 is 12.7. The molecular formula is C16H16FNO. The van der Waals surface area contributed by atoms with Crippen molar-refractivity contribution in [2.24, 2.45) is 0 Å². The molecule has 0 saturated carbocycles. The van der Waals surface area contributed by atoms with Gasteiger partial charge in [0.15, 0.2) is 0 Å². The molecule has 2 aromatic carbocycles. The minimum Gasteiger partial charge on any atom is -0.352 e. The smallest absolute Gasteiger partial charge is 0.251 e. The van der Waals surface area contributed by atoms with Gasteiger partial charge in [-0.2, -0.15) is 0 Å². The highest BCUT2D eigenvalue weighted by atomic mass is 19.1. The average Bonchev–Trinajstić information content (AvgIpc) is 2.41. The lowest BCUT2D eigenvalue weighted by Gasteiger charge is -2.07. The second-order valence-electron chi connectivity index (χ2n) is 4.45. The van der Waals surface area contributed by atoms with Crippen LogP contribution in [0.3, 0.4) is 0 Å². The van der Waals surface area contributed by atoms with Crippen molar-refractivity contribution in [3.63, 3.8) is 0 Å². The Kier molecular flexibility index (Phi) is 4.29. The minimum atomic E-state index is -0.243. The van der Waals surface area contributed by atoms with Crippen molar-refractivity contribution < 1.29 is 9.18 Å². The van der Waals surface area contributed by atoms with Crippen LogP contribution in [0.25, 0.3) is 0 Å². The SMILES string of the molecule is Cc1ccccc1C(=O)NCCc1ccc(F)cc1. The fourth-order valence-corrected chi connectivity index (χ4v) is 1.89. The van der Waals surface area contributed by atoms with Gasteiger partial charge in [-0.05, 0) is 42.7 Å². The second kappa shape index (κ2) is 6.14. The third kappa shape index (κ3) is 3.65. The molecule has 98 valence electrons. The summed E-state index contributed by atoms with van der Waals surface area (Å²) in [5.41, 5.74) is 2.66. The third-order valence-electron chi connectivity index (χ3n) is 3.00. The Bertz CT molecular complexity index is 563. The molecule has 0 bridgehead atoms. The Morgan fingerprint density at radius 1 is 1.11 bits per heavy atom. The van der Waals surface area contributed by atoms with Crippen molar-refractivity contribution in [3.8, 4) is 0 Å². The van der Waals surface area contributed by atoms with Gasteiger partial charge in [-0.1, -0.05) is 30.3 Å². The van der Waals surface area contributed by atoms with E-state index >= 15 is 0 Å². The van der Waals surface area contributed by atoms with E-state index in [2.05, 4.69) is 5.32 Å². The standard InChI is InChI=1S/C16H16FNO/c1-12-4-2-3-5-15(12)16(19)18-11-10-13-6-8-14(17)9-7-13/h2-9H,10-11H2,1H3,(H,18,19). The number of hydrogen-bond acceptors (Lipinski definition) is 1. The van der Waals surface area contributed by atoms with Crippen LogP contribution in [0.15, 0.2) is 48.5 Å². The highest BCUT2D eigenvalue weighted by molar-refractivity contribution is 5.95. The van der Waals surface area contributed by atoms with Crippen LogP contribution in [0.5, 0.6) is 0 Å². The Morgan fingerprint density at radius 2 is 1.79 bits per heavy atom. The lowest BCUT2D eigenvalue weighted by Crippen LogP contribution is -2.26. The first-order valence-electron chi connectivity index (χ1n) is 6.25. The molecule has 0 spiro atoms. The molecule has 0 aliphatic rings. The van der Waals surface area contributed by atoms with E-state index in [1.54, 1.807) is 12.1 Å². The Morgan fingerprint density at radius 3 is 2.47 bits per heavy atom. The molecule has 0 aromatic heterocycles. The summed E-state index contributed by atoms with van der Waals surface area (Å²) in [6, 6.07) is 13.8. The largest absolute Gasteiger partial charge is 0.352 e. The lowest BCUT2D eigenvalue weighted by atomic mass is 10.1. The average molecular weight is 257 g/mol. The first-order chi connectivity index (χ1) is 9.16. The predicted molar refractivity (Wildman–Crippen MR) is 73.6 cm³/mol. The summed E-state index contributed by atoms with van der Waals surface area (Å²) >= 11 is 0. The molecular weight excluding hydrogens is 241 g/mol. The molecule has 19 heavy (non-hydrogen) atoms. The molecule has 0 fully saturated rings. The lowest BCUT2D eigenvalue weighted by molar-refractivity contribution is 0.0953. The van der Waals surface area contributed by atoms with E-state index in [9.17, 15) is 9.18 Å². The number of rotatable bonds is 4. The number of amides is 1. The second-order valence-corrected chi connectivity index (χ2v) is 4.45. The van der Waals surface area contributed by atoms with Crippen LogP contribution in [0.1, 0.15) is 21.5 Å². The van der Waals surface area contributed by atoms with Gasteiger partial charge in [0.05, 0.1) is 0 Å². The van der Waals surface area contributed by atoms with E-state index in [1.807, 2.05) is 31.2 Å². The van der Waals surface area contributed by atoms with Crippen LogP contribution in [-0.2, 0) is 6.42 Å². The number of hydrogen-bond donors (Lipinski definition) is 1. The first-order valence-corrected chi connectivity index (χ1v) is 6.25. The zero-order chi connectivity index (χ0) is 13.7. The van der Waals surface area contributed by atoms with Gasteiger partial charge in [-0.3, -0.25) is 4.79 Å². The molecule has 0 saturated heterocycles. The fraction of sp³-hybridized carbons (Fsp3) is 0.188. The third-order valence-corrected chi connectivity index (χ3v) is 3.00. The maximum absolute atomic E-state index is 12.7. The van der Waals surface area contributed by atoms with Crippen LogP contribution >= 0.6 is 0 Å². The molecule has 1 amide bonds. The van der Waals surface area contributed by atoms with Gasteiger partial charge in [0, 0.05) is 12.1 Å². The quantitative estimate of drug-likeness (QED) is 0.896. The van der Waals surface area contributed by atoms with Crippen molar-refractivity contribution in [2.75, 3.05) is 6.54 Å². The summed E-state index contributed by atoms with van der Waals surface area (Å²) in [6.45, 7) is 2.45. The summed E-state index contributed by atoms with van der Waals surface area (Å²) in [6.07, 6.45) is 0.692. The predicted octanol–water partition coefficient (Wildman–Crippen LogP) is 3.11. The highest BCUT2D eigenvalue weighted by Gasteiger charge is 2.06. The zero-order valence-electron chi connectivity index (χ0n) is 10.8. The summed E-state index contributed by atoms with van der Waals surface area (Å²) in [4.78, 5) is 11.9. The molecule has 0 radical (unpaired) electrons. The number of carbonyl (C=O) groups is 1. The van der Waals surface area contributed by atoms with Crippen molar-refractivity contribution >= 4 is 5.91 Å². The summed E-state index contributed by atoms with van der Waals surface area (Å²) in [5, 5.41) is 2.87. The Labute approximate surface area is 112 Å². The Balaban J connectivity index is 1.88. The summed E-state index contributed by atoms with van der Waals surface area (Å²) in [5.74, 6) is -0.312. The van der Waals surface area contributed by atoms with Gasteiger partial charge < -0.3 is 5.32 Å². The van der Waals surface area contributed by atoms with E-state index < -0.39 is 0 Å². The van der Waals surface area contributed by atoms with E-state index in [4.69, 9.17) is 0 Å². The molecule has 0 heterocycles. The fourth-order valence-electron chi connectivity index (χ4n) is 1.89. The van der Waals surface area contributed by atoms with Gasteiger partial charge in [-0.25, -0.2) is 4.39 Å². The number of halogens is 1. The Hall–Kier alpha value is -2.16. The number of aryl methyl sites for hydroxylation is 1. The number of nitrogens with one attached hydrogen (secondary N) is 1. The van der Waals surface area contributed by atoms with Crippen LogP contribution < -0.4 is 5.32 Å². The highest BCUT2D eigenvalue weighted by Crippen LogP contribution is 2.07. The van der Waals surface area contributed by atoms with E-state index in [0.717, 1.165) is 11.1 Å². The van der Waals surface area contributed by atoms with Crippen molar-refractivity contribution in [3.05, 3.63) is 71.0 Å². The number of carbonyl (C=O) groups excluding carboxylic acids is 1. The van der Waals surface area contributed by atoms with Crippen LogP contribution in [0.4, 0.5) is 4.39 Å². The topological polar surface area (TPSA) is 29.1 Å². The van der Waals surface area contributed by atoms with Crippen molar-refractivity contribution in [1.82, 2.24) is 5.32 Å². The molecule has 0 aliphatic heterocycles. The van der Waals surface area contributed by atoms with Crippen LogP contribution in [0, 0.1) is 12.7 Å². The molecule has 1 N–H and O–H groups in total. The first kappa shape index (κ1) is 13.3. The maximum atomic E-state index is 12.7. The molecule has 2 rings (SSSR count). The van der Waals surface area contributed by atoms with Gasteiger partial charge in [-0.15, -0.1) is 0 Å². The molecule has 0 aliphatic carbocycles. The summed E-state index contributed by atoms with van der Waals surface area (Å²) in [7, 11) is 0. The van der Waals surface area contributed by atoms with Crippen LogP contribution in [0.2, 0.25) is 0 Å². The maximum Gasteiger partial charge on any atom is 0.251 e. The van der Waals surface area contributed by atoms with Gasteiger partial charge in [0.25, 0.3) is 5.91 Å². The van der Waals surface area contributed by atoms with Gasteiger partial charge in [0.2, 0.25) is 0 Å². The van der Waals surface area contributed by atoms with E-state index in [1.165, 1.54) is 12.1 Å². The van der Waals surface area contributed by atoms with Gasteiger partial charge in [0.1, 0.15) is 5.82 Å². The minimum absolute atomic E-state index is 0.0692. The van der Waals surface area contributed by atoms with Crippen molar-refractivity contribution in [2.45, 2.75) is 13.3 Å². The molecule has 3 heteroatoms. The zero-order valence-corrected chi connectivity index (χ0v) is 10.8. The van der Waals surface area contributed by atoms with E-state index in [-0.39, 0.29) is 11.7 Å². The molecule has 2 aromatic rings. The van der Waals surface area contributed by atoms with E-state index in [0.29, 0.717) is 18.5 Å². The molecule has 0 atom stereocenters. The number of benzene rings is 2. The molecule has 2 nitrogen and oxygen atoms in total. The van der Waals surface area contributed by atoms with Crippen molar-refractivity contribution in [1.29, 1.82) is 0 Å². The van der Waals surface area contributed by atoms with Crippen LogP contribution in [-0.4, -0.2) is 12.5 Å². The normalized spacial score (nSPS) is 10.2. The van der Waals surface area contributed by atoms with Gasteiger partial charge >= 0.3 is 0 Å².